The summed E-state index contributed by atoms with van der Waals surface area (Å²) in [5.41, 5.74) is 2.61. The average molecular weight is 384 g/mol. The Balaban J connectivity index is 1.85. The number of rotatable bonds is 3. The molecule has 138 valence electrons. The zero-order valence-corrected chi connectivity index (χ0v) is 15.4. The van der Waals surface area contributed by atoms with Crippen molar-refractivity contribution < 1.29 is 17.4 Å². The second-order valence-electron chi connectivity index (χ2n) is 6.50. The van der Waals surface area contributed by atoms with E-state index in [2.05, 4.69) is 4.98 Å². The summed E-state index contributed by atoms with van der Waals surface area (Å²) in [6.07, 6.45) is 3.67. The van der Waals surface area contributed by atoms with E-state index in [0.29, 0.717) is 27.9 Å². The molecular formula is C19H16N2O5S. The average Bonchev–Trinajstić information content (AvgIpc) is 3.02. The van der Waals surface area contributed by atoms with Crippen LogP contribution in [0.15, 0.2) is 58.0 Å². The van der Waals surface area contributed by atoms with Gasteiger partial charge in [0, 0.05) is 17.8 Å². The van der Waals surface area contributed by atoms with Crippen LogP contribution >= 0.6 is 0 Å². The zero-order valence-electron chi connectivity index (χ0n) is 14.6. The van der Waals surface area contributed by atoms with E-state index in [9.17, 15) is 17.8 Å². The Hall–Kier alpha value is -2.97. The lowest BCUT2D eigenvalue weighted by molar-refractivity contribution is 0.472. The first-order valence-electron chi connectivity index (χ1n) is 8.22. The number of aromatic nitrogens is 2. The summed E-state index contributed by atoms with van der Waals surface area (Å²) in [5.74, 6) is 0. The van der Waals surface area contributed by atoms with Crippen LogP contribution in [0.3, 0.4) is 0 Å². The first-order valence-corrected chi connectivity index (χ1v) is 9.72. The standard InChI is InChI=1S/C19H16N2O5S/c1-11-3-6-18-20-16(10-21(18)9-11)15-7-14-5-4-13(12(2)27(23,24)25)8-17(14)26-19(15)22/h3-10,12H,1-2H3,(H,23,24,25). The van der Waals surface area contributed by atoms with Crippen molar-refractivity contribution in [3.05, 3.63) is 70.3 Å². The van der Waals surface area contributed by atoms with Crippen LogP contribution in [0.2, 0.25) is 0 Å². The van der Waals surface area contributed by atoms with E-state index in [-0.39, 0.29) is 5.58 Å². The summed E-state index contributed by atoms with van der Waals surface area (Å²) in [6.45, 7) is 3.33. The molecule has 0 aliphatic heterocycles. The minimum absolute atomic E-state index is 0.247. The summed E-state index contributed by atoms with van der Waals surface area (Å²) in [5, 5.41) is -0.488. The predicted octanol–water partition coefficient (Wildman–Crippen LogP) is 3.36. The molecule has 8 heteroatoms. The number of hydrogen-bond acceptors (Lipinski definition) is 5. The van der Waals surface area contributed by atoms with Crippen molar-refractivity contribution in [1.29, 1.82) is 0 Å². The van der Waals surface area contributed by atoms with Gasteiger partial charge in [0.15, 0.2) is 0 Å². The van der Waals surface area contributed by atoms with Gasteiger partial charge in [0.05, 0.1) is 11.3 Å². The maximum atomic E-state index is 12.5. The van der Waals surface area contributed by atoms with Gasteiger partial charge in [-0.2, -0.15) is 8.42 Å². The van der Waals surface area contributed by atoms with Crippen molar-refractivity contribution in [1.82, 2.24) is 9.38 Å². The Kier molecular flexibility index (Phi) is 3.90. The van der Waals surface area contributed by atoms with Gasteiger partial charge >= 0.3 is 5.63 Å². The van der Waals surface area contributed by atoms with Crippen LogP contribution in [0.1, 0.15) is 23.3 Å². The molecule has 0 saturated heterocycles. The van der Waals surface area contributed by atoms with Crippen molar-refractivity contribution in [3.63, 3.8) is 0 Å². The number of aryl methyl sites for hydroxylation is 1. The van der Waals surface area contributed by atoms with Gasteiger partial charge in [-0.25, -0.2) is 9.78 Å². The van der Waals surface area contributed by atoms with Crippen LogP contribution in [0.25, 0.3) is 27.9 Å². The van der Waals surface area contributed by atoms with Crippen LogP contribution < -0.4 is 5.63 Å². The summed E-state index contributed by atoms with van der Waals surface area (Å²) in [6, 6.07) is 10.2. The lowest BCUT2D eigenvalue weighted by atomic mass is 10.1. The molecule has 1 aromatic carbocycles. The molecule has 0 bridgehead atoms. The topological polar surface area (TPSA) is 102 Å². The van der Waals surface area contributed by atoms with Crippen molar-refractivity contribution >= 4 is 26.7 Å². The number of pyridine rings is 1. The minimum atomic E-state index is -4.24. The Morgan fingerprint density at radius 1 is 1.15 bits per heavy atom. The quantitative estimate of drug-likeness (QED) is 0.429. The van der Waals surface area contributed by atoms with Gasteiger partial charge < -0.3 is 8.82 Å². The first kappa shape index (κ1) is 17.4. The molecule has 0 saturated carbocycles. The molecular weight excluding hydrogens is 368 g/mol. The Bertz CT molecular complexity index is 1350. The molecule has 0 aliphatic carbocycles. The Morgan fingerprint density at radius 2 is 1.93 bits per heavy atom. The van der Waals surface area contributed by atoms with Crippen molar-refractivity contribution in [2.75, 3.05) is 0 Å². The number of fused-ring (bicyclic) bond motifs is 2. The van der Waals surface area contributed by atoms with E-state index in [1.165, 1.54) is 13.0 Å². The summed E-state index contributed by atoms with van der Waals surface area (Å²) in [7, 11) is -4.24. The molecule has 1 N–H and O–H groups in total. The number of imidazole rings is 1. The molecule has 0 amide bonds. The zero-order chi connectivity index (χ0) is 19.3. The van der Waals surface area contributed by atoms with Gasteiger partial charge in [-0.1, -0.05) is 18.2 Å². The highest BCUT2D eigenvalue weighted by molar-refractivity contribution is 7.86. The highest BCUT2D eigenvalue weighted by Crippen LogP contribution is 2.26. The largest absolute Gasteiger partial charge is 0.422 e. The molecule has 7 nitrogen and oxygen atoms in total. The fraction of sp³-hybridized carbons (Fsp3) is 0.158. The second-order valence-corrected chi connectivity index (χ2v) is 8.24. The molecule has 1 atom stereocenters. The number of benzene rings is 1. The van der Waals surface area contributed by atoms with E-state index in [0.717, 1.165) is 5.56 Å². The molecule has 0 aliphatic rings. The van der Waals surface area contributed by atoms with Crippen molar-refractivity contribution in [3.8, 4) is 11.3 Å². The van der Waals surface area contributed by atoms with Crippen molar-refractivity contribution in [2.24, 2.45) is 0 Å². The fourth-order valence-corrected chi connectivity index (χ4v) is 3.45. The number of nitrogens with zero attached hydrogens (tertiary/aromatic N) is 2. The molecule has 0 fully saturated rings. The Labute approximate surface area is 154 Å². The molecule has 4 aromatic rings. The smallest absolute Gasteiger partial charge is 0.345 e. The third-order valence-electron chi connectivity index (χ3n) is 4.55. The van der Waals surface area contributed by atoms with Crippen LogP contribution in [0.4, 0.5) is 0 Å². The number of hydrogen-bond donors (Lipinski definition) is 1. The lowest BCUT2D eigenvalue weighted by Gasteiger charge is -2.09. The molecule has 3 aromatic heterocycles. The first-order chi connectivity index (χ1) is 12.7. The van der Waals surface area contributed by atoms with E-state index in [1.54, 1.807) is 24.4 Å². The van der Waals surface area contributed by atoms with Crippen LogP contribution in [0, 0.1) is 6.92 Å². The maximum absolute atomic E-state index is 12.5. The monoisotopic (exact) mass is 384 g/mol. The summed E-state index contributed by atoms with van der Waals surface area (Å²) >= 11 is 0. The predicted molar refractivity (Wildman–Crippen MR) is 101 cm³/mol. The van der Waals surface area contributed by atoms with Gasteiger partial charge in [0.2, 0.25) is 0 Å². The van der Waals surface area contributed by atoms with E-state index >= 15 is 0 Å². The highest BCUT2D eigenvalue weighted by Gasteiger charge is 2.20. The third-order valence-corrected chi connectivity index (χ3v) is 5.72. The van der Waals surface area contributed by atoms with E-state index in [1.807, 2.05) is 29.7 Å². The van der Waals surface area contributed by atoms with E-state index in [4.69, 9.17) is 4.42 Å². The van der Waals surface area contributed by atoms with E-state index < -0.39 is 21.0 Å². The lowest BCUT2D eigenvalue weighted by Crippen LogP contribution is -2.08. The third kappa shape index (κ3) is 3.13. The van der Waals surface area contributed by atoms with Gasteiger partial charge in [-0.05, 0) is 43.2 Å². The van der Waals surface area contributed by atoms with Gasteiger partial charge in [-0.15, -0.1) is 0 Å². The minimum Gasteiger partial charge on any atom is -0.422 e. The van der Waals surface area contributed by atoms with Gasteiger partial charge in [0.25, 0.3) is 10.1 Å². The van der Waals surface area contributed by atoms with Crippen molar-refractivity contribution in [2.45, 2.75) is 19.1 Å². The fourth-order valence-electron chi connectivity index (χ4n) is 2.96. The van der Waals surface area contributed by atoms with Gasteiger partial charge in [0.1, 0.15) is 16.5 Å². The summed E-state index contributed by atoms with van der Waals surface area (Å²) in [4.78, 5) is 16.9. The summed E-state index contributed by atoms with van der Waals surface area (Å²) < 4.78 is 39.1. The van der Waals surface area contributed by atoms with Gasteiger partial charge in [-0.3, -0.25) is 4.55 Å². The molecule has 3 heterocycles. The second kappa shape index (κ2) is 6.04. The molecule has 27 heavy (non-hydrogen) atoms. The Morgan fingerprint density at radius 3 is 2.67 bits per heavy atom. The van der Waals surface area contributed by atoms with Crippen LogP contribution in [-0.4, -0.2) is 22.4 Å². The van der Waals surface area contributed by atoms with Crippen LogP contribution in [-0.2, 0) is 10.1 Å². The molecule has 0 spiro atoms. The molecule has 4 rings (SSSR count). The normalized spacial score (nSPS) is 13.3. The SMILES string of the molecule is Cc1ccc2nc(-c3cc4ccc(C(C)S(=O)(=O)O)cc4oc3=O)cn2c1. The molecule has 0 radical (unpaired) electrons. The highest BCUT2D eigenvalue weighted by atomic mass is 32.2. The maximum Gasteiger partial charge on any atom is 0.345 e. The van der Waals surface area contributed by atoms with Crippen LogP contribution in [0.5, 0.6) is 0 Å². The molecule has 1 unspecified atom stereocenters.